The van der Waals surface area contributed by atoms with E-state index in [2.05, 4.69) is 25.4 Å². The van der Waals surface area contributed by atoms with Crippen molar-refractivity contribution in [3.8, 4) is 0 Å². The molecule has 10 heteroatoms. The van der Waals surface area contributed by atoms with Gasteiger partial charge in [-0.3, -0.25) is 4.79 Å². The van der Waals surface area contributed by atoms with Gasteiger partial charge in [-0.05, 0) is 30.3 Å². The molecule has 2 N–H and O–H groups in total. The number of hydrogen-bond acceptors (Lipinski definition) is 6. The number of nitrogens with zero attached hydrogens (tertiary/aromatic N) is 3. The van der Waals surface area contributed by atoms with Crippen LogP contribution in [-0.4, -0.2) is 26.0 Å². The number of H-pyrrole nitrogens is 1. The molecule has 7 nitrogen and oxygen atoms in total. The smallest absolute Gasteiger partial charge is 0.227 e. The molecule has 4 aromatic rings. The molecule has 0 fully saturated rings. The molecule has 0 radical (unpaired) electrons. The highest BCUT2D eigenvalue weighted by Crippen LogP contribution is 2.22. The van der Waals surface area contributed by atoms with Crippen molar-refractivity contribution in [2.45, 2.75) is 23.8 Å². The van der Waals surface area contributed by atoms with Crippen LogP contribution in [0.25, 0.3) is 11.0 Å². The van der Waals surface area contributed by atoms with Crippen molar-refractivity contribution in [2.75, 3.05) is 5.32 Å². The first-order valence-electron chi connectivity index (χ1n) is 8.71. The van der Waals surface area contributed by atoms with Crippen molar-refractivity contribution in [1.82, 2.24) is 20.1 Å². The van der Waals surface area contributed by atoms with E-state index >= 15 is 0 Å². The number of benzene rings is 2. The number of hydrogen-bond donors (Lipinski definition) is 2. The minimum Gasteiger partial charge on any atom is -0.339 e. The van der Waals surface area contributed by atoms with Crippen LogP contribution in [0.1, 0.15) is 18.1 Å². The Kier molecular flexibility index (Phi) is 5.77. The van der Waals surface area contributed by atoms with Gasteiger partial charge in [-0.25, -0.2) is 9.37 Å². The molecule has 0 bridgehead atoms. The maximum atomic E-state index is 13.2. The van der Waals surface area contributed by atoms with Crippen LogP contribution in [0.2, 0.25) is 5.02 Å². The molecule has 4 rings (SSSR count). The van der Waals surface area contributed by atoms with Crippen molar-refractivity contribution in [2.24, 2.45) is 0 Å². The number of halogens is 2. The number of imidazole rings is 1. The van der Waals surface area contributed by atoms with Crippen LogP contribution >= 0.6 is 23.4 Å². The van der Waals surface area contributed by atoms with Gasteiger partial charge < -0.3 is 14.8 Å². The Balaban J connectivity index is 1.27. The Bertz CT molecular complexity index is 1130. The summed E-state index contributed by atoms with van der Waals surface area (Å²) in [6.07, 6.45) is 0.441. The predicted octanol–water partition coefficient (Wildman–Crippen LogP) is 4.60. The topological polar surface area (TPSA) is 96.7 Å². The Morgan fingerprint density at radius 3 is 2.93 bits per heavy atom. The lowest BCUT2D eigenvalue weighted by Crippen LogP contribution is -2.12. The van der Waals surface area contributed by atoms with Gasteiger partial charge in [0, 0.05) is 18.5 Å². The standard InChI is InChI=1S/C19H15ClFN5O2S/c20-12-9-11(5-6-13(12)21)22-17(27)7-8-18-25-16(26-28-18)10-29-19-23-14-3-1-2-4-15(14)24-19/h1-6,9H,7-8,10H2,(H,22,27)(H,23,24). The van der Waals surface area contributed by atoms with Crippen LogP contribution in [0.15, 0.2) is 52.1 Å². The van der Waals surface area contributed by atoms with E-state index in [1.54, 1.807) is 0 Å². The molecule has 0 spiro atoms. The van der Waals surface area contributed by atoms with Gasteiger partial charge in [-0.1, -0.05) is 40.7 Å². The van der Waals surface area contributed by atoms with E-state index in [0.717, 1.165) is 16.2 Å². The quantitative estimate of drug-likeness (QED) is 0.415. The van der Waals surface area contributed by atoms with Crippen LogP contribution in [-0.2, 0) is 17.0 Å². The number of nitrogens with one attached hydrogen (secondary N) is 2. The molecular formula is C19H15ClFN5O2S. The summed E-state index contributed by atoms with van der Waals surface area (Å²) in [7, 11) is 0. The van der Waals surface area contributed by atoms with Gasteiger partial charge in [0.05, 0.1) is 21.8 Å². The first-order valence-corrected chi connectivity index (χ1v) is 10.1. The number of anilines is 1. The van der Waals surface area contributed by atoms with Gasteiger partial charge in [-0.15, -0.1) is 0 Å². The summed E-state index contributed by atoms with van der Waals surface area (Å²) in [5.41, 5.74) is 2.30. The van der Waals surface area contributed by atoms with Gasteiger partial charge in [0.1, 0.15) is 5.82 Å². The van der Waals surface area contributed by atoms with Crippen molar-refractivity contribution < 1.29 is 13.7 Å². The fourth-order valence-electron chi connectivity index (χ4n) is 2.60. The van der Waals surface area contributed by atoms with Crippen molar-refractivity contribution in [3.05, 3.63) is 65.0 Å². The van der Waals surface area contributed by atoms with E-state index in [-0.39, 0.29) is 17.4 Å². The number of rotatable bonds is 7. The summed E-state index contributed by atoms with van der Waals surface area (Å²) in [5, 5.41) is 7.30. The molecule has 0 saturated carbocycles. The lowest BCUT2D eigenvalue weighted by Gasteiger charge is -2.04. The van der Waals surface area contributed by atoms with Gasteiger partial charge in [-0.2, -0.15) is 4.98 Å². The third-order valence-corrected chi connectivity index (χ3v) is 5.14. The number of amides is 1. The molecule has 0 saturated heterocycles. The first kappa shape index (κ1) is 19.4. The summed E-state index contributed by atoms with van der Waals surface area (Å²) in [6, 6.07) is 11.8. The monoisotopic (exact) mass is 431 g/mol. The number of para-hydroxylation sites is 2. The molecule has 0 aliphatic heterocycles. The van der Waals surface area contributed by atoms with Crippen LogP contribution in [0, 0.1) is 5.82 Å². The van der Waals surface area contributed by atoms with Gasteiger partial charge in [0.2, 0.25) is 11.8 Å². The summed E-state index contributed by atoms with van der Waals surface area (Å²) in [4.78, 5) is 24.0. The third-order valence-electron chi connectivity index (χ3n) is 3.99. The minimum absolute atomic E-state index is 0.0497. The number of thioether (sulfide) groups is 1. The lowest BCUT2D eigenvalue weighted by atomic mass is 10.2. The number of carbonyl (C=O) groups excluding carboxylic acids is 1. The molecule has 0 aliphatic carbocycles. The van der Waals surface area contributed by atoms with Gasteiger partial charge >= 0.3 is 0 Å². The summed E-state index contributed by atoms with van der Waals surface area (Å²) < 4.78 is 18.3. The van der Waals surface area contributed by atoms with E-state index in [1.807, 2.05) is 24.3 Å². The maximum Gasteiger partial charge on any atom is 0.227 e. The van der Waals surface area contributed by atoms with Crippen molar-refractivity contribution in [3.63, 3.8) is 0 Å². The summed E-state index contributed by atoms with van der Waals surface area (Å²) >= 11 is 7.17. The fraction of sp³-hybridized carbons (Fsp3) is 0.158. The lowest BCUT2D eigenvalue weighted by molar-refractivity contribution is -0.116. The summed E-state index contributed by atoms with van der Waals surface area (Å²) in [6.45, 7) is 0. The third kappa shape index (κ3) is 4.93. The fourth-order valence-corrected chi connectivity index (χ4v) is 3.51. The second-order valence-corrected chi connectivity index (χ2v) is 7.50. The zero-order valence-corrected chi connectivity index (χ0v) is 16.6. The van der Waals surface area contributed by atoms with Crippen molar-refractivity contribution in [1.29, 1.82) is 0 Å². The number of aromatic amines is 1. The predicted molar refractivity (Wildman–Crippen MR) is 108 cm³/mol. The first-order chi connectivity index (χ1) is 14.1. The van der Waals surface area contributed by atoms with Crippen LogP contribution in [0.4, 0.5) is 10.1 Å². The molecule has 0 atom stereocenters. The van der Waals surface area contributed by atoms with Crippen LogP contribution in [0.5, 0.6) is 0 Å². The SMILES string of the molecule is O=C(CCc1nc(CSc2nc3ccccc3[nH]2)no1)Nc1ccc(F)c(Cl)c1. The number of carbonyl (C=O) groups is 1. The van der Waals surface area contributed by atoms with E-state index in [4.69, 9.17) is 16.1 Å². The summed E-state index contributed by atoms with van der Waals surface area (Å²) in [5.74, 6) is 0.588. The van der Waals surface area contributed by atoms with Crippen molar-refractivity contribution >= 4 is 46.0 Å². The Hall–Kier alpha value is -2.91. The second kappa shape index (κ2) is 8.62. The van der Waals surface area contributed by atoms with E-state index in [1.165, 1.54) is 30.0 Å². The Labute approximate surface area is 174 Å². The second-order valence-electron chi connectivity index (χ2n) is 6.13. The number of aryl methyl sites for hydroxylation is 1. The molecular weight excluding hydrogens is 417 g/mol. The van der Waals surface area contributed by atoms with E-state index < -0.39 is 5.82 Å². The highest BCUT2D eigenvalue weighted by atomic mass is 35.5. The Morgan fingerprint density at radius 1 is 1.24 bits per heavy atom. The molecule has 1 amide bonds. The van der Waals surface area contributed by atoms with E-state index in [9.17, 15) is 9.18 Å². The van der Waals surface area contributed by atoms with E-state index in [0.29, 0.717) is 29.6 Å². The highest BCUT2D eigenvalue weighted by molar-refractivity contribution is 7.98. The largest absolute Gasteiger partial charge is 0.339 e. The zero-order valence-electron chi connectivity index (χ0n) is 15.0. The minimum atomic E-state index is -0.538. The molecule has 2 aromatic heterocycles. The average molecular weight is 432 g/mol. The molecule has 0 aliphatic rings. The highest BCUT2D eigenvalue weighted by Gasteiger charge is 2.12. The number of aromatic nitrogens is 4. The van der Waals surface area contributed by atoms with Crippen LogP contribution < -0.4 is 5.32 Å². The average Bonchev–Trinajstić information content (AvgIpc) is 3.34. The molecule has 2 aromatic carbocycles. The normalized spacial score (nSPS) is 11.1. The zero-order chi connectivity index (χ0) is 20.2. The van der Waals surface area contributed by atoms with Gasteiger partial charge in [0.15, 0.2) is 11.0 Å². The number of fused-ring (bicyclic) bond motifs is 1. The molecule has 148 valence electrons. The Morgan fingerprint density at radius 2 is 2.10 bits per heavy atom. The van der Waals surface area contributed by atoms with Crippen LogP contribution in [0.3, 0.4) is 0 Å². The maximum absolute atomic E-state index is 13.2. The molecule has 29 heavy (non-hydrogen) atoms. The van der Waals surface area contributed by atoms with Gasteiger partial charge in [0.25, 0.3) is 0 Å². The molecule has 0 unspecified atom stereocenters. The molecule has 2 heterocycles.